The number of nitrogens with one attached hydrogen (secondary N) is 1. The molecular formula is C21H30N2O4. The van der Waals surface area contributed by atoms with E-state index >= 15 is 0 Å². The van der Waals surface area contributed by atoms with E-state index in [1.165, 1.54) is 32.8 Å². The van der Waals surface area contributed by atoms with Crippen LogP contribution in [0.1, 0.15) is 57.4 Å². The minimum Gasteiger partial charge on any atom is -0.506 e. The van der Waals surface area contributed by atoms with Crippen LogP contribution in [0, 0.1) is 11.3 Å². The third-order valence-electron chi connectivity index (χ3n) is 4.11. The van der Waals surface area contributed by atoms with Gasteiger partial charge in [-0.2, -0.15) is 5.26 Å². The smallest absolute Gasteiger partial charge is 0.265 e. The average molecular weight is 374 g/mol. The number of nitriles is 1. The summed E-state index contributed by atoms with van der Waals surface area (Å²) in [5.74, 6) is -0.330. The SMILES string of the molecule is CCCCCCCCCNC(=O)C(C#N)=C(O)c1ccc(OCOC)cc1. The maximum atomic E-state index is 12.2. The quantitative estimate of drug-likeness (QED) is 0.176. The first kappa shape index (κ1) is 22.5. The number of aliphatic hydroxyl groups is 1. The zero-order chi connectivity index (χ0) is 19.9. The number of aliphatic hydroxyl groups excluding tert-OH is 1. The van der Waals surface area contributed by atoms with Gasteiger partial charge < -0.3 is 19.9 Å². The number of hydrogen-bond donors (Lipinski definition) is 2. The maximum absolute atomic E-state index is 12.2. The number of ether oxygens (including phenoxy) is 2. The summed E-state index contributed by atoms with van der Waals surface area (Å²) in [5, 5.41) is 22.2. The Morgan fingerprint density at radius 2 is 1.74 bits per heavy atom. The van der Waals surface area contributed by atoms with Gasteiger partial charge in [-0.05, 0) is 30.7 Å². The molecule has 6 nitrogen and oxygen atoms in total. The Morgan fingerprint density at radius 1 is 1.11 bits per heavy atom. The first-order valence-corrected chi connectivity index (χ1v) is 9.47. The highest BCUT2D eigenvalue weighted by Crippen LogP contribution is 2.20. The van der Waals surface area contributed by atoms with Gasteiger partial charge in [-0.3, -0.25) is 4.79 Å². The van der Waals surface area contributed by atoms with Crippen molar-refractivity contribution in [2.75, 3.05) is 20.4 Å². The van der Waals surface area contributed by atoms with Crippen molar-refractivity contribution in [1.82, 2.24) is 5.32 Å². The molecule has 0 saturated heterocycles. The van der Waals surface area contributed by atoms with Crippen molar-refractivity contribution < 1.29 is 19.4 Å². The van der Waals surface area contributed by atoms with Crippen LogP contribution in [-0.2, 0) is 9.53 Å². The zero-order valence-corrected chi connectivity index (χ0v) is 16.3. The fourth-order valence-electron chi connectivity index (χ4n) is 2.56. The molecule has 0 spiro atoms. The molecule has 1 rings (SSSR count). The Balaban J connectivity index is 2.51. The number of rotatable bonds is 13. The summed E-state index contributed by atoms with van der Waals surface area (Å²) < 4.78 is 10.1. The summed E-state index contributed by atoms with van der Waals surface area (Å²) in [5.41, 5.74) is 0.0888. The van der Waals surface area contributed by atoms with E-state index in [0.29, 0.717) is 17.9 Å². The second kappa shape index (κ2) is 13.7. The normalized spacial score (nSPS) is 11.4. The van der Waals surface area contributed by atoms with Crippen LogP contribution in [0.15, 0.2) is 29.8 Å². The van der Waals surface area contributed by atoms with E-state index in [1.807, 2.05) is 0 Å². The minimum absolute atomic E-state index is 0.117. The summed E-state index contributed by atoms with van der Waals surface area (Å²) in [7, 11) is 1.52. The molecule has 1 amide bonds. The molecule has 0 saturated carbocycles. The highest BCUT2D eigenvalue weighted by Gasteiger charge is 2.16. The molecule has 27 heavy (non-hydrogen) atoms. The van der Waals surface area contributed by atoms with Gasteiger partial charge in [0.15, 0.2) is 12.4 Å². The van der Waals surface area contributed by atoms with E-state index in [0.717, 1.165) is 19.3 Å². The Morgan fingerprint density at radius 3 is 2.33 bits per heavy atom. The standard InChI is InChI=1S/C21H30N2O4/c1-3-4-5-6-7-8-9-14-23-21(25)19(15-22)20(24)17-10-12-18(13-11-17)27-16-26-2/h10-13,24H,3-9,14,16H2,1-2H3,(H,23,25). The third kappa shape index (κ3) is 8.61. The third-order valence-corrected chi connectivity index (χ3v) is 4.11. The number of benzene rings is 1. The first-order valence-electron chi connectivity index (χ1n) is 9.47. The number of methoxy groups -OCH3 is 1. The number of carbonyl (C=O) groups excluding carboxylic acids is 1. The second-order valence-corrected chi connectivity index (χ2v) is 6.29. The second-order valence-electron chi connectivity index (χ2n) is 6.29. The summed E-state index contributed by atoms with van der Waals surface area (Å²) in [4.78, 5) is 12.2. The van der Waals surface area contributed by atoms with Crippen LogP contribution in [0.3, 0.4) is 0 Å². The van der Waals surface area contributed by atoms with E-state index in [1.54, 1.807) is 30.3 Å². The number of nitrogens with zero attached hydrogens (tertiary/aromatic N) is 1. The van der Waals surface area contributed by atoms with Crippen molar-refractivity contribution in [3.63, 3.8) is 0 Å². The van der Waals surface area contributed by atoms with Crippen LogP contribution in [0.4, 0.5) is 0 Å². The van der Waals surface area contributed by atoms with Gasteiger partial charge in [-0.1, -0.05) is 45.4 Å². The van der Waals surface area contributed by atoms with E-state index in [4.69, 9.17) is 9.47 Å². The number of hydrogen-bond acceptors (Lipinski definition) is 5. The van der Waals surface area contributed by atoms with Crippen LogP contribution in [-0.4, -0.2) is 31.5 Å². The molecule has 0 unspecified atom stereocenters. The maximum Gasteiger partial charge on any atom is 0.265 e. The molecule has 0 aliphatic rings. The monoisotopic (exact) mass is 374 g/mol. The molecule has 0 heterocycles. The van der Waals surface area contributed by atoms with Crippen LogP contribution >= 0.6 is 0 Å². The molecule has 0 aromatic heterocycles. The highest BCUT2D eigenvalue weighted by atomic mass is 16.7. The molecule has 2 N–H and O–H groups in total. The molecule has 1 aromatic carbocycles. The van der Waals surface area contributed by atoms with Crippen LogP contribution in [0.25, 0.3) is 5.76 Å². The van der Waals surface area contributed by atoms with E-state index in [9.17, 15) is 15.2 Å². The molecule has 6 heteroatoms. The molecule has 0 radical (unpaired) electrons. The molecular weight excluding hydrogens is 344 g/mol. The van der Waals surface area contributed by atoms with Crippen molar-refractivity contribution in [2.45, 2.75) is 51.9 Å². The fourth-order valence-corrected chi connectivity index (χ4v) is 2.56. The number of unbranched alkanes of at least 4 members (excludes halogenated alkanes) is 6. The molecule has 1 aromatic rings. The Kier molecular flexibility index (Phi) is 11.4. The zero-order valence-electron chi connectivity index (χ0n) is 16.3. The topological polar surface area (TPSA) is 91.6 Å². The first-order chi connectivity index (χ1) is 13.1. The predicted octanol–water partition coefficient (Wildman–Crippen LogP) is 4.33. The van der Waals surface area contributed by atoms with Crippen molar-refractivity contribution in [2.24, 2.45) is 0 Å². The largest absolute Gasteiger partial charge is 0.506 e. The summed E-state index contributed by atoms with van der Waals surface area (Å²) in [6.45, 7) is 2.80. The summed E-state index contributed by atoms with van der Waals surface area (Å²) in [6, 6.07) is 8.23. The van der Waals surface area contributed by atoms with Gasteiger partial charge in [0.2, 0.25) is 0 Å². The van der Waals surface area contributed by atoms with Crippen molar-refractivity contribution in [3.8, 4) is 11.8 Å². The lowest BCUT2D eigenvalue weighted by molar-refractivity contribution is -0.117. The Labute approximate surface area is 161 Å². The Bertz CT molecular complexity index is 633. The fraction of sp³-hybridized carbons (Fsp3) is 0.524. The van der Waals surface area contributed by atoms with Crippen LogP contribution in [0.2, 0.25) is 0 Å². The van der Waals surface area contributed by atoms with E-state index < -0.39 is 5.91 Å². The van der Waals surface area contributed by atoms with Gasteiger partial charge in [0.1, 0.15) is 17.6 Å². The number of amides is 1. The average Bonchev–Trinajstić information content (AvgIpc) is 2.69. The number of carbonyl (C=O) groups is 1. The molecule has 0 atom stereocenters. The lowest BCUT2D eigenvalue weighted by atomic mass is 10.1. The molecule has 0 bridgehead atoms. The highest BCUT2D eigenvalue weighted by molar-refractivity contribution is 6.03. The lowest BCUT2D eigenvalue weighted by Crippen LogP contribution is -2.26. The minimum atomic E-state index is -0.555. The van der Waals surface area contributed by atoms with Gasteiger partial charge in [0.05, 0.1) is 0 Å². The molecule has 0 aliphatic heterocycles. The van der Waals surface area contributed by atoms with Gasteiger partial charge in [-0.15, -0.1) is 0 Å². The van der Waals surface area contributed by atoms with Gasteiger partial charge >= 0.3 is 0 Å². The van der Waals surface area contributed by atoms with E-state index in [2.05, 4.69) is 12.2 Å². The van der Waals surface area contributed by atoms with Gasteiger partial charge in [-0.25, -0.2) is 0 Å². The van der Waals surface area contributed by atoms with Gasteiger partial charge in [0.25, 0.3) is 5.91 Å². The van der Waals surface area contributed by atoms with Crippen LogP contribution in [0.5, 0.6) is 5.75 Å². The van der Waals surface area contributed by atoms with Gasteiger partial charge in [0, 0.05) is 19.2 Å². The van der Waals surface area contributed by atoms with Crippen LogP contribution < -0.4 is 10.1 Å². The lowest BCUT2D eigenvalue weighted by Gasteiger charge is -2.08. The van der Waals surface area contributed by atoms with Crippen molar-refractivity contribution in [1.29, 1.82) is 5.26 Å². The van der Waals surface area contributed by atoms with Crippen molar-refractivity contribution >= 4 is 11.7 Å². The Hall–Kier alpha value is -2.52. The summed E-state index contributed by atoms with van der Waals surface area (Å²) in [6.07, 6.45) is 8.04. The summed E-state index contributed by atoms with van der Waals surface area (Å²) >= 11 is 0. The molecule has 0 aliphatic carbocycles. The molecule has 0 fully saturated rings. The van der Waals surface area contributed by atoms with Crippen molar-refractivity contribution in [3.05, 3.63) is 35.4 Å². The predicted molar refractivity (Wildman–Crippen MR) is 105 cm³/mol. The van der Waals surface area contributed by atoms with E-state index in [-0.39, 0.29) is 18.1 Å². The molecule has 148 valence electrons.